The molecule has 7 heteroatoms. The Labute approximate surface area is 86.0 Å². The predicted molar refractivity (Wildman–Crippen MR) is 53.7 cm³/mol. The number of rotatable bonds is 2. The second-order valence-electron chi connectivity index (χ2n) is 3.41. The first kappa shape index (κ1) is 9.94. The zero-order valence-corrected chi connectivity index (χ0v) is 7.84. The molecule has 0 bridgehead atoms. The molecule has 1 unspecified atom stereocenters. The maximum atomic E-state index is 10.9. The molecule has 0 fully saturated rings. The van der Waals surface area contributed by atoms with Gasteiger partial charge < -0.3 is 20.8 Å². The van der Waals surface area contributed by atoms with Crippen LogP contribution in [0.3, 0.4) is 0 Å². The molecule has 1 amide bonds. The molecular formula is C8H10BN3O3. The maximum Gasteiger partial charge on any atom is 0.461 e. The number of amides is 1. The zero-order chi connectivity index (χ0) is 11.0. The number of aromatic amines is 1. The van der Waals surface area contributed by atoms with Crippen LogP contribution in [0.2, 0.25) is 0 Å². The Bertz CT molecular complexity index is 427. The van der Waals surface area contributed by atoms with E-state index in [-0.39, 0.29) is 5.82 Å². The summed E-state index contributed by atoms with van der Waals surface area (Å²) in [5.74, 6) is -1.10. The second-order valence-corrected chi connectivity index (χ2v) is 3.41. The van der Waals surface area contributed by atoms with Crippen LogP contribution in [0.4, 0.5) is 0 Å². The van der Waals surface area contributed by atoms with Crippen LogP contribution in [0.15, 0.2) is 6.08 Å². The molecule has 0 spiro atoms. The highest BCUT2D eigenvalue weighted by molar-refractivity contribution is 6.43. The number of nitrogens with two attached hydrogens (primary N) is 1. The molecule has 2 rings (SSSR count). The molecule has 5 N–H and O–H groups in total. The monoisotopic (exact) mass is 207 g/mol. The van der Waals surface area contributed by atoms with Gasteiger partial charge in [-0.15, -0.1) is 0 Å². The van der Waals surface area contributed by atoms with Crippen molar-refractivity contribution in [1.82, 2.24) is 9.97 Å². The lowest BCUT2D eigenvalue weighted by Crippen LogP contribution is -2.25. The third-order valence-corrected chi connectivity index (χ3v) is 2.39. The summed E-state index contributed by atoms with van der Waals surface area (Å²) < 4.78 is 0. The van der Waals surface area contributed by atoms with Gasteiger partial charge in [-0.05, 0) is 12.5 Å². The lowest BCUT2D eigenvalue weighted by molar-refractivity contribution is 0.0991. The van der Waals surface area contributed by atoms with Crippen molar-refractivity contribution in [1.29, 1.82) is 0 Å². The van der Waals surface area contributed by atoms with Crippen LogP contribution in [0.1, 0.15) is 34.2 Å². The number of aromatic nitrogens is 2. The fourth-order valence-electron chi connectivity index (χ4n) is 1.64. The van der Waals surface area contributed by atoms with Crippen molar-refractivity contribution >= 4 is 19.1 Å². The normalized spacial score (nSPS) is 18.7. The number of nitrogens with one attached hydrogen (secondary N) is 1. The number of hydrogen-bond donors (Lipinski definition) is 4. The third kappa shape index (κ3) is 1.66. The average Bonchev–Trinajstić information content (AvgIpc) is 2.60. The lowest BCUT2D eigenvalue weighted by Gasteiger charge is -2.15. The van der Waals surface area contributed by atoms with E-state index in [1.807, 2.05) is 0 Å². The minimum atomic E-state index is -1.48. The number of hydrogen-bond acceptors (Lipinski definition) is 4. The number of carbonyl (C=O) groups is 1. The van der Waals surface area contributed by atoms with Crippen LogP contribution >= 0.6 is 0 Å². The van der Waals surface area contributed by atoms with Gasteiger partial charge in [0.25, 0.3) is 5.91 Å². The van der Waals surface area contributed by atoms with Crippen LogP contribution in [0.25, 0.3) is 6.08 Å². The summed E-state index contributed by atoms with van der Waals surface area (Å²) in [5.41, 5.74) is 6.14. The Morgan fingerprint density at radius 1 is 1.67 bits per heavy atom. The summed E-state index contributed by atoms with van der Waals surface area (Å²) in [6, 6.07) is 0. The Hall–Kier alpha value is -1.60. The highest BCUT2D eigenvalue weighted by atomic mass is 16.4. The van der Waals surface area contributed by atoms with E-state index in [2.05, 4.69) is 9.97 Å². The predicted octanol–water partition coefficient (Wildman–Crippen LogP) is -0.979. The van der Waals surface area contributed by atoms with Gasteiger partial charge >= 0.3 is 7.12 Å². The van der Waals surface area contributed by atoms with E-state index in [1.165, 1.54) is 0 Å². The molecule has 1 aliphatic carbocycles. The summed E-state index contributed by atoms with van der Waals surface area (Å²) in [6.07, 6.45) is 3.99. The van der Waals surface area contributed by atoms with Crippen molar-refractivity contribution < 1.29 is 14.8 Å². The molecule has 1 aromatic rings. The number of carbonyl (C=O) groups excluding carboxylic acids is 1. The van der Waals surface area contributed by atoms with Crippen LogP contribution in [-0.2, 0) is 0 Å². The molecule has 6 nitrogen and oxygen atoms in total. The van der Waals surface area contributed by atoms with E-state index >= 15 is 0 Å². The number of primary amides is 1. The largest absolute Gasteiger partial charge is 0.461 e. The van der Waals surface area contributed by atoms with Crippen LogP contribution in [0.5, 0.6) is 0 Å². The number of nitrogens with zero attached hydrogens (tertiary/aromatic N) is 1. The summed E-state index contributed by atoms with van der Waals surface area (Å²) in [6.45, 7) is 0. The van der Waals surface area contributed by atoms with E-state index in [1.54, 1.807) is 12.2 Å². The quantitative estimate of drug-likeness (QED) is 0.467. The van der Waals surface area contributed by atoms with E-state index in [0.29, 0.717) is 17.8 Å². The molecule has 0 saturated heterocycles. The molecular weight excluding hydrogens is 197 g/mol. The fraction of sp³-hybridized carbons (Fsp3) is 0.250. The number of fused-ring (bicyclic) bond motifs is 1. The van der Waals surface area contributed by atoms with Crippen molar-refractivity contribution in [2.45, 2.75) is 12.2 Å². The molecule has 1 atom stereocenters. The molecule has 0 aliphatic heterocycles. The summed E-state index contributed by atoms with van der Waals surface area (Å²) in [7, 11) is -1.48. The van der Waals surface area contributed by atoms with Gasteiger partial charge in [0, 0.05) is 11.5 Å². The van der Waals surface area contributed by atoms with Crippen molar-refractivity contribution in [2.24, 2.45) is 5.73 Å². The minimum absolute atomic E-state index is 0.0391. The van der Waals surface area contributed by atoms with Gasteiger partial charge in [0.1, 0.15) is 0 Å². The fourth-order valence-corrected chi connectivity index (χ4v) is 1.64. The van der Waals surface area contributed by atoms with E-state index in [9.17, 15) is 4.79 Å². The topological polar surface area (TPSA) is 112 Å². The molecule has 15 heavy (non-hydrogen) atoms. The molecule has 1 aliphatic rings. The molecule has 0 aromatic carbocycles. The Balaban J connectivity index is 2.44. The first-order valence-corrected chi connectivity index (χ1v) is 4.52. The van der Waals surface area contributed by atoms with Gasteiger partial charge in [-0.2, -0.15) is 0 Å². The summed E-state index contributed by atoms with van der Waals surface area (Å²) in [5, 5.41) is 18.3. The number of allylic oxidation sites excluding steroid dienone is 1. The smallest absolute Gasteiger partial charge is 0.427 e. The third-order valence-electron chi connectivity index (χ3n) is 2.39. The molecule has 78 valence electrons. The molecule has 0 radical (unpaired) electrons. The Morgan fingerprint density at radius 3 is 3.00 bits per heavy atom. The first-order valence-electron chi connectivity index (χ1n) is 4.52. The van der Waals surface area contributed by atoms with Gasteiger partial charge in [-0.25, -0.2) is 4.98 Å². The van der Waals surface area contributed by atoms with Gasteiger partial charge in [0.15, 0.2) is 5.82 Å². The van der Waals surface area contributed by atoms with Gasteiger partial charge in [0.05, 0.1) is 5.69 Å². The Morgan fingerprint density at radius 2 is 2.40 bits per heavy atom. The van der Waals surface area contributed by atoms with Gasteiger partial charge in [0.2, 0.25) is 0 Å². The van der Waals surface area contributed by atoms with Crippen LogP contribution < -0.4 is 5.73 Å². The summed E-state index contributed by atoms with van der Waals surface area (Å²) in [4.78, 5) is 17.5. The van der Waals surface area contributed by atoms with E-state index in [0.717, 1.165) is 0 Å². The minimum Gasteiger partial charge on any atom is -0.427 e. The highest BCUT2D eigenvalue weighted by Gasteiger charge is 2.31. The van der Waals surface area contributed by atoms with Crippen molar-refractivity contribution in [3.05, 3.63) is 23.3 Å². The van der Waals surface area contributed by atoms with Gasteiger partial charge in [-0.3, -0.25) is 4.79 Å². The molecule has 1 heterocycles. The zero-order valence-electron chi connectivity index (χ0n) is 7.84. The SMILES string of the molecule is NC(=O)c1nc2c([nH]1)C(B(O)O)CC=C2. The average molecular weight is 207 g/mol. The van der Waals surface area contributed by atoms with Crippen LogP contribution in [0, 0.1) is 0 Å². The number of imidazole rings is 1. The molecule has 0 saturated carbocycles. The maximum absolute atomic E-state index is 10.9. The second kappa shape index (κ2) is 3.52. The first-order chi connectivity index (χ1) is 7.09. The Kier molecular flexibility index (Phi) is 2.33. The molecule has 1 aromatic heterocycles. The number of H-pyrrole nitrogens is 1. The van der Waals surface area contributed by atoms with Gasteiger partial charge in [-0.1, -0.05) is 6.08 Å². The van der Waals surface area contributed by atoms with Crippen molar-refractivity contribution in [3.63, 3.8) is 0 Å². The lowest BCUT2D eigenvalue weighted by atomic mass is 9.67. The van der Waals surface area contributed by atoms with E-state index < -0.39 is 18.8 Å². The summed E-state index contributed by atoms with van der Waals surface area (Å²) >= 11 is 0. The van der Waals surface area contributed by atoms with Crippen molar-refractivity contribution in [2.75, 3.05) is 0 Å². The highest BCUT2D eigenvalue weighted by Crippen LogP contribution is 2.28. The van der Waals surface area contributed by atoms with Crippen molar-refractivity contribution in [3.8, 4) is 0 Å². The standard InChI is InChI=1S/C8H10BN3O3/c10-7(13)8-11-5-3-1-2-4(9(14)15)6(5)12-8/h1,3-4,14-15H,2H2,(H2,10,13)(H,11,12). The van der Waals surface area contributed by atoms with Crippen LogP contribution in [-0.4, -0.2) is 33.0 Å². The van der Waals surface area contributed by atoms with E-state index in [4.69, 9.17) is 15.8 Å².